The molecule has 2 amide bonds. The van der Waals surface area contributed by atoms with Crippen molar-refractivity contribution < 1.29 is 4.79 Å². The Morgan fingerprint density at radius 3 is 2.62 bits per heavy atom. The van der Waals surface area contributed by atoms with Gasteiger partial charge in [0.1, 0.15) is 0 Å². The number of fused-ring (bicyclic) bond motifs is 1. The first-order chi connectivity index (χ1) is 12.7. The number of amides is 2. The van der Waals surface area contributed by atoms with Gasteiger partial charge in [0.25, 0.3) is 0 Å². The molecule has 1 saturated carbocycles. The van der Waals surface area contributed by atoms with Crippen LogP contribution in [-0.4, -0.2) is 16.8 Å². The Balaban J connectivity index is 1.73. The summed E-state index contributed by atoms with van der Waals surface area (Å²) in [6.45, 7) is 2.53. The molecule has 0 spiro atoms. The molecule has 0 bridgehead atoms. The highest BCUT2D eigenvalue weighted by atomic mass is 16.2. The molecule has 26 heavy (non-hydrogen) atoms. The smallest absolute Gasteiger partial charge is 0.306 e. The molecule has 0 aromatic heterocycles. The van der Waals surface area contributed by atoms with Crippen molar-refractivity contribution in [3.8, 4) is 0 Å². The number of hydrazone groups is 1. The van der Waals surface area contributed by atoms with Gasteiger partial charge in [-0.25, -0.2) is 9.80 Å². The van der Waals surface area contributed by atoms with Crippen molar-refractivity contribution in [3.05, 3.63) is 65.2 Å². The molecule has 2 aromatic rings. The summed E-state index contributed by atoms with van der Waals surface area (Å²) < 4.78 is 0. The number of rotatable bonds is 3. The van der Waals surface area contributed by atoms with Crippen molar-refractivity contribution in [2.45, 2.75) is 45.6 Å². The van der Waals surface area contributed by atoms with Gasteiger partial charge in [0.2, 0.25) is 0 Å². The molecule has 4 heteroatoms. The standard InChI is InChI=1S/C22H25N3O/c1-16-12-13-19-20(14-16)23-22(26)25(15-17-8-4-2-5-9-17)24-21(19)18-10-6-3-7-11-18/h2,4-5,8-9,12-14,18H,3,6-7,10-11,15H2,1H3,(H,23,26). The Morgan fingerprint density at radius 2 is 1.85 bits per heavy atom. The first-order valence-electron chi connectivity index (χ1n) is 9.53. The monoisotopic (exact) mass is 347 g/mol. The number of aryl methyl sites for hydroxylation is 1. The quantitative estimate of drug-likeness (QED) is 0.801. The second kappa shape index (κ2) is 7.32. The zero-order valence-corrected chi connectivity index (χ0v) is 15.2. The largest absolute Gasteiger partial charge is 0.342 e. The lowest BCUT2D eigenvalue weighted by Gasteiger charge is -2.24. The third-order valence-corrected chi connectivity index (χ3v) is 5.32. The van der Waals surface area contributed by atoms with Gasteiger partial charge in [-0.05, 0) is 37.0 Å². The van der Waals surface area contributed by atoms with Gasteiger partial charge in [-0.15, -0.1) is 0 Å². The Labute approximate surface area is 154 Å². The number of hydrogen-bond acceptors (Lipinski definition) is 2. The van der Waals surface area contributed by atoms with Crippen molar-refractivity contribution in [3.63, 3.8) is 0 Å². The SMILES string of the molecule is Cc1ccc2c(c1)NC(=O)N(Cc1ccccc1)N=C2C1CCCCC1. The van der Waals surface area contributed by atoms with Gasteiger partial charge in [-0.3, -0.25) is 0 Å². The van der Waals surface area contributed by atoms with Crippen LogP contribution in [-0.2, 0) is 6.54 Å². The van der Waals surface area contributed by atoms with E-state index >= 15 is 0 Å². The molecule has 0 unspecified atom stereocenters. The molecule has 0 radical (unpaired) electrons. The summed E-state index contributed by atoms with van der Waals surface area (Å²) >= 11 is 0. The Bertz CT molecular complexity index is 823. The molecule has 1 aliphatic carbocycles. The van der Waals surface area contributed by atoms with Crippen molar-refractivity contribution in [2.24, 2.45) is 11.0 Å². The van der Waals surface area contributed by atoms with Crippen molar-refractivity contribution in [1.82, 2.24) is 5.01 Å². The molecule has 1 aliphatic heterocycles. The lowest BCUT2D eigenvalue weighted by atomic mass is 9.83. The number of carbonyl (C=O) groups excluding carboxylic acids is 1. The molecule has 1 fully saturated rings. The molecule has 0 atom stereocenters. The number of benzene rings is 2. The zero-order chi connectivity index (χ0) is 17.9. The maximum Gasteiger partial charge on any atom is 0.342 e. The number of hydrogen-bond donors (Lipinski definition) is 1. The predicted octanol–water partition coefficient (Wildman–Crippen LogP) is 5.33. The third kappa shape index (κ3) is 3.50. The average Bonchev–Trinajstić information content (AvgIpc) is 2.80. The van der Waals surface area contributed by atoms with Crippen LogP contribution in [0.25, 0.3) is 0 Å². The summed E-state index contributed by atoms with van der Waals surface area (Å²) in [5.41, 5.74) is 5.25. The van der Waals surface area contributed by atoms with E-state index in [1.54, 1.807) is 5.01 Å². The van der Waals surface area contributed by atoms with E-state index in [4.69, 9.17) is 5.10 Å². The van der Waals surface area contributed by atoms with Gasteiger partial charge in [0, 0.05) is 11.5 Å². The van der Waals surface area contributed by atoms with E-state index in [0.29, 0.717) is 12.5 Å². The summed E-state index contributed by atoms with van der Waals surface area (Å²) in [7, 11) is 0. The fourth-order valence-corrected chi connectivity index (χ4v) is 3.94. The summed E-state index contributed by atoms with van der Waals surface area (Å²) in [4.78, 5) is 12.8. The highest BCUT2D eigenvalue weighted by Gasteiger charge is 2.28. The lowest BCUT2D eigenvalue weighted by Crippen LogP contribution is -2.30. The fourth-order valence-electron chi connectivity index (χ4n) is 3.94. The summed E-state index contributed by atoms with van der Waals surface area (Å²) in [5, 5.41) is 9.55. The van der Waals surface area contributed by atoms with Crippen molar-refractivity contribution in [1.29, 1.82) is 0 Å². The van der Waals surface area contributed by atoms with Gasteiger partial charge in [-0.1, -0.05) is 61.7 Å². The van der Waals surface area contributed by atoms with Crippen LogP contribution in [0.1, 0.15) is 48.8 Å². The Kier molecular flexibility index (Phi) is 4.74. The van der Waals surface area contributed by atoms with Crippen LogP contribution in [0.4, 0.5) is 10.5 Å². The van der Waals surface area contributed by atoms with Gasteiger partial charge >= 0.3 is 6.03 Å². The Morgan fingerprint density at radius 1 is 1.08 bits per heavy atom. The maximum absolute atomic E-state index is 12.8. The maximum atomic E-state index is 12.8. The van der Waals surface area contributed by atoms with E-state index in [2.05, 4.69) is 30.4 Å². The van der Waals surface area contributed by atoms with Crippen LogP contribution in [0.15, 0.2) is 53.6 Å². The lowest BCUT2D eigenvalue weighted by molar-refractivity contribution is 0.211. The summed E-state index contributed by atoms with van der Waals surface area (Å²) in [5.74, 6) is 0.427. The number of urea groups is 1. The molecular weight excluding hydrogens is 322 g/mol. The van der Waals surface area contributed by atoms with Crippen LogP contribution in [0, 0.1) is 12.8 Å². The van der Waals surface area contributed by atoms with Crippen LogP contribution in [0.3, 0.4) is 0 Å². The van der Waals surface area contributed by atoms with Crippen LogP contribution < -0.4 is 5.32 Å². The molecule has 0 saturated heterocycles. The molecular formula is C22H25N3O. The number of anilines is 1. The molecule has 4 rings (SSSR count). The van der Waals surface area contributed by atoms with Crippen LogP contribution in [0.2, 0.25) is 0 Å². The molecule has 2 aromatic carbocycles. The van der Waals surface area contributed by atoms with Gasteiger partial charge in [0.05, 0.1) is 17.9 Å². The number of nitrogens with zero attached hydrogens (tertiary/aromatic N) is 2. The zero-order valence-electron chi connectivity index (χ0n) is 15.2. The molecule has 1 heterocycles. The Hall–Kier alpha value is -2.62. The van der Waals surface area contributed by atoms with E-state index in [1.165, 1.54) is 19.3 Å². The predicted molar refractivity (Wildman–Crippen MR) is 105 cm³/mol. The van der Waals surface area contributed by atoms with E-state index in [0.717, 1.165) is 40.9 Å². The first kappa shape index (κ1) is 16.8. The highest BCUT2D eigenvalue weighted by Crippen LogP contribution is 2.32. The van der Waals surface area contributed by atoms with E-state index < -0.39 is 0 Å². The van der Waals surface area contributed by atoms with E-state index in [1.807, 2.05) is 30.3 Å². The second-order valence-electron chi connectivity index (χ2n) is 7.34. The third-order valence-electron chi connectivity index (χ3n) is 5.32. The minimum absolute atomic E-state index is 0.161. The summed E-state index contributed by atoms with van der Waals surface area (Å²) in [6, 6.07) is 16.2. The minimum Gasteiger partial charge on any atom is -0.306 e. The van der Waals surface area contributed by atoms with Crippen molar-refractivity contribution >= 4 is 17.4 Å². The van der Waals surface area contributed by atoms with Crippen molar-refractivity contribution in [2.75, 3.05) is 5.32 Å². The van der Waals surface area contributed by atoms with Gasteiger partial charge in [-0.2, -0.15) is 5.10 Å². The fraction of sp³-hybridized carbons (Fsp3) is 0.364. The van der Waals surface area contributed by atoms with E-state index in [9.17, 15) is 4.79 Å². The number of nitrogens with one attached hydrogen (secondary N) is 1. The minimum atomic E-state index is -0.161. The molecule has 134 valence electrons. The summed E-state index contributed by atoms with van der Waals surface area (Å²) in [6.07, 6.45) is 6.09. The topological polar surface area (TPSA) is 44.7 Å². The highest BCUT2D eigenvalue weighted by molar-refractivity contribution is 6.11. The first-order valence-corrected chi connectivity index (χ1v) is 9.53. The molecule has 1 N–H and O–H groups in total. The van der Waals surface area contributed by atoms with Crippen LogP contribution in [0.5, 0.6) is 0 Å². The normalized spacial score (nSPS) is 18.0. The van der Waals surface area contributed by atoms with E-state index in [-0.39, 0.29) is 6.03 Å². The average molecular weight is 347 g/mol. The number of carbonyl (C=O) groups is 1. The second-order valence-corrected chi connectivity index (χ2v) is 7.34. The van der Waals surface area contributed by atoms with Gasteiger partial charge in [0.15, 0.2) is 0 Å². The van der Waals surface area contributed by atoms with Crippen LogP contribution >= 0.6 is 0 Å². The molecule has 2 aliphatic rings. The van der Waals surface area contributed by atoms with Gasteiger partial charge < -0.3 is 5.32 Å². The molecule has 4 nitrogen and oxygen atoms in total.